The largest absolute Gasteiger partial charge is 0.507 e. The Morgan fingerprint density at radius 1 is 1.35 bits per heavy atom. The Hall–Kier alpha value is -1.97. The molecule has 0 saturated heterocycles. The Morgan fingerprint density at radius 3 is 2.81 bits per heavy atom. The molecule has 2 unspecified atom stereocenters. The lowest BCUT2D eigenvalue weighted by Crippen LogP contribution is -2.55. The summed E-state index contributed by atoms with van der Waals surface area (Å²) in [5, 5.41) is 10.4. The molecule has 1 fully saturated rings. The highest BCUT2D eigenvalue weighted by Gasteiger charge is 2.56. The van der Waals surface area contributed by atoms with Crippen LogP contribution in [0.2, 0.25) is 0 Å². The van der Waals surface area contributed by atoms with E-state index in [0.29, 0.717) is 29.6 Å². The molecule has 4 rings (SSSR count). The van der Waals surface area contributed by atoms with E-state index in [2.05, 4.69) is 33.8 Å². The zero-order valence-electron chi connectivity index (χ0n) is 16.1. The normalized spacial score (nSPS) is 33.7. The number of fused-ring (bicyclic) bond motifs is 1. The fourth-order valence-corrected chi connectivity index (χ4v) is 5.27. The number of aromatic hydroxyl groups is 1. The van der Waals surface area contributed by atoms with Gasteiger partial charge in [0.15, 0.2) is 6.29 Å². The van der Waals surface area contributed by atoms with E-state index in [1.54, 1.807) is 6.07 Å². The van der Waals surface area contributed by atoms with Crippen molar-refractivity contribution in [3.8, 4) is 17.2 Å². The van der Waals surface area contributed by atoms with E-state index >= 15 is 0 Å². The average Bonchev–Trinajstić information content (AvgIpc) is 2.53. The van der Waals surface area contributed by atoms with Crippen molar-refractivity contribution in [1.82, 2.24) is 0 Å². The molecule has 0 aromatic heterocycles. The predicted molar refractivity (Wildman–Crippen MR) is 100 cm³/mol. The molecule has 1 aromatic carbocycles. The van der Waals surface area contributed by atoms with Gasteiger partial charge in [-0.05, 0) is 59.8 Å². The fraction of sp³-hybridized carbons (Fsp3) is 0.591. The van der Waals surface area contributed by atoms with E-state index < -0.39 is 0 Å². The number of rotatable bonds is 4. The van der Waals surface area contributed by atoms with Gasteiger partial charge in [-0.1, -0.05) is 11.6 Å². The van der Waals surface area contributed by atoms with Crippen LogP contribution in [0.4, 0.5) is 0 Å². The first-order chi connectivity index (χ1) is 12.3. The zero-order valence-corrected chi connectivity index (χ0v) is 16.1. The number of hydrogen-bond donors (Lipinski definition) is 1. The average molecular weight is 356 g/mol. The number of ether oxygens (including phenoxy) is 2. The predicted octanol–water partition coefficient (Wildman–Crippen LogP) is 5.14. The van der Waals surface area contributed by atoms with Crippen molar-refractivity contribution in [3.05, 3.63) is 28.8 Å². The summed E-state index contributed by atoms with van der Waals surface area (Å²) >= 11 is 0. The minimum atomic E-state index is -0.269. The molecule has 2 aliphatic heterocycles. The highest BCUT2D eigenvalue weighted by atomic mass is 16.5. The molecule has 4 nitrogen and oxygen atoms in total. The number of carbonyl (C=O) groups is 1. The summed E-state index contributed by atoms with van der Waals surface area (Å²) in [4.78, 5) is 11.6. The smallest absolute Gasteiger partial charge is 0.157 e. The van der Waals surface area contributed by atoms with Crippen molar-refractivity contribution in [2.45, 2.75) is 76.9 Å². The summed E-state index contributed by atoms with van der Waals surface area (Å²) in [5.41, 5.74) is 2.04. The van der Waals surface area contributed by atoms with Gasteiger partial charge in [0.1, 0.15) is 28.5 Å². The highest BCUT2D eigenvalue weighted by molar-refractivity contribution is 5.86. The molecule has 1 N–H and O–H groups in total. The number of allylic oxidation sites excluding steroid dienone is 2. The summed E-state index contributed by atoms with van der Waals surface area (Å²) in [7, 11) is 0. The number of benzene rings is 1. The van der Waals surface area contributed by atoms with Crippen molar-refractivity contribution in [2.24, 2.45) is 5.92 Å². The molecule has 4 heteroatoms. The zero-order chi connectivity index (χ0) is 18.7. The molecule has 2 bridgehead atoms. The lowest BCUT2D eigenvalue weighted by molar-refractivity contribution is -0.0839. The molecule has 1 saturated carbocycles. The first-order valence-electron chi connectivity index (χ1n) is 9.63. The topological polar surface area (TPSA) is 55.8 Å². The molecule has 26 heavy (non-hydrogen) atoms. The molecule has 2 heterocycles. The standard InChI is InChI=1S/C22H28O4/c1-13(2)6-5-8-22(4)16-7-9-21(3)11-14(16)19-18(25-22)10-17(24)15(12-23)20(19)26-21/h6,10,12,14,16,24H,5,7-9,11H2,1-4H3/t14?,16-,21?,22+/m0/s1. The maximum absolute atomic E-state index is 11.6. The first-order valence-corrected chi connectivity index (χ1v) is 9.63. The van der Waals surface area contributed by atoms with E-state index in [9.17, 15) is 9.90 Å². The second-order valence-electron chi connectivity index (χ2n) is 8.91. The van der Waals surface area contributed by atoms with Crippen molar-refractivity contribution in [3.63, 3.8) is 0 Å². The minimum Gasteiger partial charge on any atom is -0.507 e. The third kappa shape index (κ3) is 2.53. The molecule has 4 atom stereocenters. The van der Waals surface area contributed by atoms with E-state index in [0.717, 1.165) is 37.7 Å². The molecular weight excluding hydrogens is 328 g/mol. The summed E-state index contributed by atoms with van der Waals surface area (Å²) in [6.45, 7) is 8.58. The monoisotopic (exact) mass is 356 g/mol. The summed E-state index contributed by atoms with van der Waals surface area (Å²) in [6.07, 6.45) is 7.84. The Balaban J connectivity index is 1.82. The third-order valence-corrected chi connectivity index (χ3v) is 6.58. The molecule has 1 aromatic rings. The molecule has 1 aliphatic carbocycles. The lowest BCUT2D eigenvalue weighted by Gasteiger charge is -2.56. The van der Waals surface area contributed by atoms with Crippen LogP contribution in [0.15, 0.2) is 17.7 Å². The van der Waals surface area contributed by atoms with Crippen LogP contribution in [0.3, 0.4) is 0 Å². The molecule has 0 radical (unpaired) electrons. The second-order valence-corrected chi connectivity index (χ2v) is 8.91. The van der Waals surface area contributed by atoms with Crippen molar-refractivity contribution in [1.29, 1.82) is 0 Å². The number of phenolic OH excluding ortho intramolecular Hbond substituents is 1. The Morgan fingerprint density at radius 2 is 2.12 bits per heavy atom. The SMILES string of the molecule is CC(C)=CCC[C@@]1(C)Oc2cc(O)c(C=O)c3c2C2CC(C)(CC[C@@H]21)O3. The molecular formula is C22H28O4. The molecule has 0 spiro atoms. The van der Waals surface area contributed by atoms with Crippen molar-refractivity contribution in [2.75, 3.05) is 0 Å². The Kier molecular flexibility index (Phi) is 3.87. The van der Waals surface area contributed by atoms with Crippen LogP contribution in [0.1, 0.15) is 81.6 Å². The molecule has 140 valence electrons. The van der Waals surface area contributed by atoms with Gasteiger partial charge in [0.2, 0.25) is 0 Å². The summed E-state index contributed by atoms with van der Waals surface area (Å²) in [5.74, 6) is 1.90. The van der Waals surface area contributed by atoms with Gasteiger partial charge >= 0.3 is 0 Å². The number of carbonyl (C=O) groups excluding carboxylic acids is 1. The number of hydrogen-bond acceptors (Lipinski definition) is 4. The number of aldehydes is 1. The van der Waals surface area contributed by atoms with Crippen LogP contribution in [0.5, 0.6) is 17.2 Å². The van der Waals surface area contributed by atoms with Gasteiger partial charge in [-0.2, -0.15) is 0 Å². The second kappa shape index (κ2) is 5.77. The van der Waals surface area contributed by atoms with Crippen LogP contribution >= 0.6 is 0 Å². The van der Waals surface area contributed by atoms with Crippen LogP contribution < -0.4 is 9.47 Å². The van der Waals surface area contributed by atoms with Crippen LogP contribution in [0, 0.1) is 5.92 Å². The Bertz CT molecular complexity index is 792. The summed E-state index contributed by atoms with van der Waals surface area (Å²) in [6, 6.07) is 1.61. The van der Waals surface area contributed by atoms with E-state index in [1.807, 2.05) is 0 Å². The number of phenols is 1. The van der Waals surface area contributed by atoms with Gasteiger partial charge in [-0.3, -0.25) is 4.79 Å². The minimum absolute atomic E-state index is 0.0533. The van der Waals surface area contributed by atoms with E-state index in [-0.39, 0.29) is 22.5 Å². The maximum Gasteiger partial charge on any atom is 0.157 e. The van der Waals surface area contributed by atoms with Crippen molar-refractivity contribution < 1.29 is 19.4 Å². The first kappa shape index (κ1) is 17.4. The highest BCUT2D eigenvalue weighted by Crippen LogP contribution is 2.62. The fourth-order valence-electron chi connectivity index (χ4n) is 5.27. The van der Waals surface area contributed by atoms with Gasteiger partial charge in [0, 0.05) is 23.5 Å². The van der Waals surface area contributed by atoms with Gasteiger partial charge in [0.25, 0.3) is 0 Å². The Labute approximate surface area is 155 Å². The van der Waals surface area contributed by atoms with E-state index in [1.165, 1.54) is 5.57 Å². The van der Waals surface area contributed by atoms with Crippen LogP contribution in [-0.4, -0.2) is 22.6 Å². The third-order valence-electron chi connectivity index (χ3n) is 6.58. The molecule has 0 amide bonds. The van der Waals surface area contributed by atoms with Crippen LogP contribution in [0.25, 0.3) is 0 Å². The van der Waals surface area contributed by atoms with Gasteiger partial charge < -0.3 is 14.6 Å². The summed E-state index contributed by atoms with van der Waals surface area (Å²) < 4.78 is 12.8. The molecule has 3 aliphatic rings. The van der Waals surface area contributed by atoms with E-state index in [4.69, 9.17) is 9.47 Å². The quantitative estimate of drug-likeness (QED) is 0.600. The van der Waals surface area contributed by atoms with Crippen molar-refractivity contribution >= 4 is 6.29 Å². The van der Waals surface area contributed by atoms with Gasteiger partial charge in [-0.15, -0.1) is 0 Å². The van der Waals surface area contributed by atoms with Gasteiger partial charge in [0.05, 0.1) is 5.56 Å². The van der Waals surface area contributed by atoms with Crippen LogP contribution in [-0.2, 0) is 0 Å². The maximum atomic E-state index is 11.6. The lowest BCUT2D eigenvalue weighted by atomic mass is 9.60. The van der Waals surface area contributed by atoms with Gasteiger partial charge in [-0.25, -0.2) is 0 Å².